The molecule has 0 bridgehead atoms. The van der Waals surface area contributed by atoms with E-state index in [4.69, 9.17) is 0 Å². The zero-order valence-corrected chi connectivity index (χ0v) is 28.4. The fourth-order valence-electron chi connectivity index (χ4n) is 7.68. The van der Waals surface area contributed by atoms with Crippen molar-refractivity contribution in [1.82, 2.24) is 9.13 Å². The van der Waals surface area contributed by atoms with Crippen molar-refractivity contribution in [2.45, 2.75) is 0 Å². The lowest BCUT2D eigenvalue weighted by molar-refractivity contribution is 1.18. The second-order valence-electron chi connectivity index (χ2n) is 13.2. The van der Waals surface area contributed by atoms with E-state index in [1.165, 1.54) is 60.4 Å². The summed E-state index contributed by atoms with van der Waals surface area (Å²) in [5, 5.41) is 12.3. The third kappa shape index (κ3) is 5.09. The third-order valence-corrected chi connectivity index (χ3v) is 10.1. The van der Waals surface area contributed by atoms with Gasteiger partial charge in [0.15, 0.2) is 0 Å². The summed E-state index contributed by atoms with van der Waals surface area (Å²) in [4.78, 5) is 0. The Hall–Kier alpha value is -7.04. The number of nitrogens with one attached hydrogen (secondary N) is 2. The Bertz CT molecular complexity index is 2890. The predicted octanol–water partition coefficient (Wildman–Crippen LogP) is 13.0. The van der Waals surface area contributed by atoms with E-state index in [0.29, 0.717) is 0 Å². The molecule has 0 aliphatic heterocycles. The topological polar surface area (TPSA) is 33.9 Å². The molecule has 2 N–H and O–H groups in total. The fraction of sp³-hybridized carbons (Fsp3) is 0. The molecule has 8 aromatic carbocycles. The van der Waals surface area contributed by atoms with Crippen LogP contribution in [0.2, 0.25) is 0 Å². The van der Waals surface area contributed by atoms with Crippen LogP contribution in [0.3, 0.4) is 0 Å². The highest BCUT2D eigenvalue weighted by Crippen LogP contribution is 2.39. The van der Waals surface area contributed by atoms with Gasteiger partial charge in [-0.1, -0.05) is 103 Å². The molecule has 0 unspecified atom stereocenters. The van der Waals surface area contributed by atoms with E-state index in [0.717, 1.165) is 28.4 Å². The maximum absolute atomic E-state index is 3.68. The van der Waals surface area contributed by atoms with Gasteiger partial charge in [-0.15, -0.1) is 0 Å². The minimum absolute atomic E-state index is 0.998. The van der Waals surface area contributed by atoms with Crippen LogP contribution in [0, 0.1) is 0 Å². The van der Waals surface area contributed by atoms with Crippen molar-refractivity contribution in [3.05, 3.63) is 194 Å². The number of fused-ring (bicyclic) bond motifs is 6. The molecular formula is C48H34N4. The van der Waals surface area contributed by atoms with Crippen molar-refractivity contribution in [3.8, 4) is 22.5 Å². The van der Waals surface area contributed by atoms with Crippen molar-refractivity contribution < 1.29 is 0 Å². The lowest BCUT2D eigenvalue weighted by Gasteiger charge is -2.17. The summed E-state index contributed by atoms with van der Waals surface area (Å²) in [6.07, 6.45) is 0. The first-order chi connectivity index (χ1) is 25.8. The molecule has 2 heterocycles. The zero-order chi connectivity index (χ0) is 34.4. The van der Waals surface area contributed by atoms with Crippen LogP contribution in [0.4, 0.5) is 22.7 Å². The SMILES string of the molecule is c1ccc(Nc2ccc(-n3c4ccccc4c4cc(-c5ccc6c(c5)c5ccccc5n6-c5ccccc5)ccc43)cc2Nc2ccccc2)cc1. The van der Waals surface area contributed by atoms with Gasteiger partial charge in [0.05, 0.1) is 33.4 Å². The fourth-order valence-corrected chi connectivity index (χ4v) is 7.68. The van der Waals surface area contributed by atoms with Crippen LogP contribution in [0.1, 0.15) is 0 Å². The molecule has 0 aliphatic carbocycles. The van der Waals surface area contributed by atoms with E-state index < -0.39 is 0 Å². The van der Waals surface area contributed by atoms with Gasteiger partial charge < -0.3 is 19.8 Å². The number of rotatable bonds is 7. The smallest absolute Gasteiger partial charge is 0.0644 e. The molecule has 246 valence electrons. The van der Waals surface area contributed by atoms with E-state index in [2.05, 4.69) is 202 Å². The van der Waals surface area contributed by atoms with Gasteiger partial charge in [0, 0.05) is 44.3 Å². The Morgan fingerprint density at radius 2 is 0.731 bits per heavy atom. The molecule has 2 aromatic heterocycles. The average molecular weight is 667 g/mol. The largest absolute Gasteiger partial charge is 0.354 e. The molecule has 0 saturated heterocycles. The first kappa shape index (κ1) is 29.8. The highest BCUT2D eigenvalue weighted by Gasteiger charge is 2.17. The van der Waals surface area contributed by atoms with Gasteiger partial charge in [-0.2, -0.15) is 0 Å². The van der Waals surface area contributed by atoms with Crippen molar-refractivity contribution in [3.63, 3.8) is 0 Å². The second-order valence-corrected chi connectivity index (χ2v) is 13.2. The molecule has 0 spiro atoms. The number of hydrogen-bond acceptors (Lipinski definition) is 2. The molecule has 0 fully saturated rings. The first-order valence-electron chi connectivity index (χ1n) is 17.7. The number of nitrogens with zero attached hydrogens (tertiary/aromatic N) is 2. The van der Waals surface area contributed by atoms with Gasteiger partial charge in [-0.3, -0.25) is 0 Å². The zero-order valence-electron chi connectivity index (χ0n) is 28.4. The van der Waals surface area contributed by atoms with Crippen LogP contribution in [0.5, 0.6) is 0 Å². The Balaban J connectivity index is 1.11. The average Bonchev–Trinajstić information content (AvgIpc) is 3.72. The number of anilines is 4. The van der Waals surface area contributed by atoms with E-state index >= 15 is 0 Å². The van der Waals surface area contributed by atoms with Gasteiger partial charge >= 0.3 is 0 Å². The number of hydrogen-bond donors (Lipinski definition) is 2. The lowest BCUT2D eigenvalue weighted by atomic mass is 10.0. The third-order valence-electron chi connectivity index (χ3n) is 10.1. The molecule has 4 heteroatoms. The molecule has 52 heavy (non-hydrogen) atoms. The summed E-state index contributed by atoms with van der Waals surface area (Å²) in [5.41, 5.74) is 13.5. The van der Waals surface area contributed by atoms with Crippen LogP contribution in [-0.2, 0) is 0 Å². The Morgan fingerprint density at radius 3 is 1.29 bits per heavy atom. The summed E-state index contributed by atoms with van der Waals surface area (Å²) in [5.74, 6) is 0. The standard InChI is InChI=1S/C48H34N4/c1-4-14-35(15-5-1)49-43-27-26-38(32-44(43)50-36-16-6-2-7-17-36)52-46-23-13-11-21-40(46)42-31-34(25-29-48(42)52)33-24-28-47-41(30-33)39-20-10-12-22-45(39)51(47)37-18-8-3-9-19-37/h1-32,49-50H. The number of benzene rings is 8. The minimum atomic E-state index is 0.998. The van der Waals surface area contributed by atoms with Crippen molar-refractivity contribution in [2.75, 3.05) is 10.6 Å². The van der Waals surface area contributed by atoms with Crippen LogP contribution in [0.25, 0.3) is 66.1 Å². The van der Waals surface area contributed by atoms with Gasteiger partial charge in [-0.05, 0) is 102 Å². The van der Waals surface area contributed by atoms with Crippen LogP contribution in [0.15, 0.2) is 194 Å². The highest BCUT2D eigenvalue weighted by atomic mass is 15.0. The quantitative estimate of drug-likeness (QED) is 0.177. The highest BCUT2D eigenvalue weighted by molar-refractivity contribution is 6.12. The van der Waals surface area contributed by atoms with E-state index in [9.17, 15) is 0 Å². The summed E-state index contributed by atoms with van der Waals surface area (Å²) in [6, 6.07) is 69.2. The van der Waals surface area contributed by atoms with Gasteiger partial charge in [-0.25, -0.2) is 0 Å². The molecule has 4 nitrogen and oxygen atoms in total. The van der Waals surface area contributed by atoms with Crippen molar-refractivity contribution in [2.24, 2.45) is 0 Å². The second kappa shape index (κ2) is 12.4. The molecule has 0 amide bonds. The molecule has 0 atom stereocenters. The van der Waals surface area contributed by atoms with Gasteiger partial charge in [0.2, 0.25) is 0 Å². The van der Waals surface area contributed by atoms with Gasteiger partial charge in [0.1, 0.15) is 0 Å². The summed E-state index contributed by atoms with van der Waals surface area (Å²) < 4.78 is 4.75. The molecular weight excluding hydrogens is 633 g/mol. The van der Waals surface area contributed by atoms with Crippen LogP contribution in [-0.4, -0.2) is 9.13 Å². The number of aromatic nitrogens is 2. The lowest BCUT2D eigenvalue weighted by Crippen LogP contribution is -2.01. The maximum Gasteiger partial charge on any atom is 0.0644 e. The van der Waals surface area contributed by atoms with E-state index in [1.807, 2.05) is 12.1 Å². The van der Waals surface area contributed by atoms with Crippen LogP contribution < -0.4 is 10.6 Å². The summed E-state index contributed by atoms with van der Waals surface area (Å²) in [6.45, 7) is 0. The first-order valence-corrected chi connectivity index (χ1v) is 17.7. The minimum Gasteiger partial charge on any atom is -0.354 e. The molecule has 0 radical (unpaired) electrons. The Labute approximate surface area is 301 Å². The molecule has 10 rings (SSSR count). The molecule has 0 aliphatic rings. The Kier molecular flexibility index (Phi) is 7.10. The summed E-state index contributed by atoms with van der Waals surface area (Å²) >= 11 is 0. The van der Waals surface area contributed by atoms with Crippen molar-refractivity contribution >= 4 is 66.4 Å². The monoisotopic (exact) mass is 666 g/mol. The predicted molar refractivity (Wildman–Crippen MR) is 220 cm³/mol. The van der Waals surface area contributed by atoms with E-state index in [1.54, 1.807) is 0 Å². The van der Waals surface area contributed by atoms with Crippen LogP contribution >= 0.6 is 0 Å². The number of para-hydroxylation sites is 5. The molecule has 0 saturated carbocycles. The maximum atomic E-state index is 3.68. The normalized spacial score (nSPS) is 11.5. The summed E-state index contributed by atoms with van der Waals surface area (Å²) in [7, 11) is 0. The molecule has 10 aromatic rings. The van der Waals surface area contributed by atoms with Crippen molar-refractivity contribution in [1.29, 1.82) is 0 Å². The van der Waals surface area contributed by atoms with Gasteiger partial charge in [0.25, 0.3) is 0 Å². The Morgan fingerprint density at radius 1 is 0.288 bits per heavy atom. The van der Waals surface area contributed by atoms with E-state index in [-0.39, 0.29) is 0 Å².